The monoisotopic (exact) mass is 221 g/mol. The molecule has 0 unspecified atom stereocenters. The Labute approximate surface area is 97.0 Å². The van der Waals surface area contributed by atoms with Crippen molar-refractivity contribution >= 4 is 5.97 Å². The molecule has 0 saturated carbocycles. The van der Waals surface area contributed by atoms with Crippen molar-refractivity contribution in [2.24, 2.45) is 0 Å². The first kappa shape index (κ1) is 12.7. The van der Waals surface area contributed by atoms with Gasteiger partial charge in [0, 0.05) is 13.1 Å². The Hall–Kier alpha value is -1.35. The van der Waals surface area contributed by atoms with Crippen molar-refractivity contribution in [1.29, 1.82) is 0 Å². The van der Waals surface area contributed by atoms with E-state index in [1.807, 2.05) is 45.9 Å². The van der Waals surface area contributed by atoms with Gasteiger partial charge in [0.25, 0.3) is 0 Å². The van der Waals surface area contributed by atoms with Crippen molar-refractivity contribution in [1.82, 2.24) is 5.06 Å². The molecule has 0 aliphatic carbocycles. The molecule has 1 aromatic rings. The van der Waals surface area contributed by atoms with E-state index in [1.165, 1.54) is 0 Å². The maximum Gasteiger partial charge on any atom is 0.357 e. The summed E-state index contributed by atoms with van der Waals surface area (Å²) in [5.41, 5.74) is 2.74. The lowest BCUT2D eigenvalue weighted by molar-refractivity contribution is -0.103. The molecule has 16 heavy (non-hydrogen) atoms. The molecule has 3 nitrogen and oxygen atoms in total. The van der Waals surface area contributed by atoms with E-state index in [-0.39, 0.29) is 5.97 Å². The smallest absolute Gasteiger partial charge is 0.357 e. The number of rotatable bonds is 4. The van der Waals surface area contributed by atoms with Crippen LogP contribution < -0.4 is 0 Å². The van der Waals surface area contributed by atoms with E-state index in [0.29, 0.717) is 18.7 Å². The quantitative estimate of drug-likeness (QED) is 0.732. The molecule has 0 bridgehead atoms. The average Bonchev–Trinajstić information content (AvgIpc) is 2.25. The molecular formula is C13H19NO2. The lowest BCUT2D eigenvalue weighted by atomic mass is 10.1. The highest BCUT2D eigenvalue weighted by molar-refractivity contribution is 5.90. The second-order valence-corrected chi connectivity index (χ2v) is 3.81. The Balaban J connectivity index is 2.80. The Morgan fingerprint density at radius 2 is 1.88 bits per heavy atom. The minimum atomic E-state index is -0.277. The summed E-state index contributed by atoms with van der Waals surface area (Å²) in [5.74, 6) is -0.277. The van der Waals surface area contributed by atoms with Gasteiger partial charge in [0.15, 0.2) is 0 Å². The van der Waals surface area contributed by atoms with Crippen LogP contribution in [0.3, 0.4) is 0 Å². The van der Waals surface area contributed by atoms with Gasteiger partial charge in [-0.15, -0.1) is 5.06 Å². The van der Waals surface area contributed by atoms with Gasteiger partial charge in [0.1, 0.15) is 0 Å². The zero-order valence-corrected chi connectivity index (χ0v) is 10.4. The Kier molecular flexibility index (Phi) is 4.50. The van der Waals surface area contributed by atoms with Crippen molar-refractivity contribution < 1.29 is 9.63 Å². The van der Waals surface area contributed by atoms with Crippen LogP contribution in [0.5, 0.6) is 0 Å². The first-order valence-corrected chi connectivity index (χ1v) is 5.63. The molecule has 0 amide bonds. The minimum absolute atomic E-state index is 0.277. The highest BCUT2D eigenvalue weighted by Crippen LogP contribution is 2.12. The summed E-state index contributed by atoms with van der Waals surface area (Å²) in [4.78, 5) is 17.1. The standard InChI is InChI=1S/C13H19NO2/c1-5-14(6-2)16-13(15)12-8-7-10(3)9-11(12)4/h7-9H,5-6H2,1-4H3. The van der Waals surface area contributed by atoms with Crippen LogP contribution in [0.25, 0.3) is 0 Å². The molecule has 0 aliphatic heterocycles. The fraction of sp³-hybridized carbons (Fsp3) is 0.462. The average molecular weight is 221 g/mol. The lowest BCUT2D eigenvalue weighted by Gasteiger charge is -2.17. The van der Waals surface area contributed by atoms with E-state index in [0.717, 1.165) is 11.1 Å². The van der Waals surface area contributed by atoms with Crippen molar-refractivity contribution in [3.63, 3.8) is 0 Å². The molecule has 0 N–H and O–H groups in total. The first-order valence-electron chi connectivity index (χ1n) is 5.63. The van der Waals surface area contributed by atoms with Gasteiger partial charge in [0.2, 0.25) is 0 Å². The Morgan fingerprint density at radius 1 is 1.25 bits per heavy atom. The molecule has 0 radical (unpaired) electrons. The largest absolute Gasteiger partial charge is 0.364 e. The number of benzene rings is 1. The van der Waals surface area contributed by atoms with Crippen LogP contribution in [-0.2, 0) is 4.84 Å². The minimum Gasteiger partial charge on any atom is -0.364 e. The number of nitrogens with zero attached hydrogens (tertiary/aromatic N) is 1. The summed E-state index contributed by atoms with van der Waals surface area (Å²) in [6.07, 6.45) is 0. The Morgan fingerprint density at radius 3 is 2.38 bits per heavy atom. The van der Waals surface area contributed by atoms with Crippen LogP contribution in [-0.4, -0.2) is 24.1 Å². The summed E-state index contributed by atoms with van der Waals surface area (Å²) in [6.45, 7) is 9.25. The third-order valence-corrected chi connectivity index (χ3v) is 2.52. The molecule has 1 rings (SSSR count). The summed E-state index contributed by atoms with van der Waals surface area (Å²) < 4.78 is 0. The van der Waals surface area contributed by atoms with Crippen LogP contribution in [0.2, 0.25) is 0 Å². The topological polar surface area (TPSA) is 29.5 Å². The molecule has 0 aliphatic rings. The van der Waals surface area contributed by atoms with E-state index in [4.69, 9.17) is 4.84 Å². The highest BCUT2D eigenvalue weighted by atomic mass is 16.7. The second kappa shape index (κ2) is 5.66. The van der Waals surface area contributed by atoms with Crippen molar-refractivity contribution in [2.45, 2.75) is 27.7 Å². The predicted molar refractivity (Wildman–Crippen MR) is 64.3 cm³/mol. The SMILES string of the molecule is CCN(CC)OC(=O)c1ccc(C)cc1C. The molecule has 0 saturated heterocycles. The van der Waals surface area contributed by atoms with E-state index in [9.17, 15) is 4.79 Å². The lowest BCUT2D eigenvalue weighted by Crippen LogP contribution is -2.27. The fourth-order valence-electron chi connectivity index (χ4n) is 1.56. The van der Waals surface area contributed by atoms with Gasteiger partial charge in [-0.05, 0) is 39.3 Å². The number of aryl methyl sites for hydroxylation is 2. The molecule has 1 aromatic carbocycles. The number of hydrogen-bond donors (Lipinski definition) is 0. The molecular weight excluding hydrogens is 202 g/mol. The van der Waals surface area contributed by atoms with Crippen molar-refractivity contribution in [2.75, 3.05) is 13.1 Å². The number of hydroxylamine groups is 2. The third-order valence-electron chi connectivity index (χ3n) is 2.52. The summed E-state index contributed by atoms with van der Waals surface area (Å²) in [6, 6.07) is 5.72. The third kappa shape index (κ3) is 3.07. The van der Waals surface area contributed by atoms with E-state index < -0.39 is 0 Å². The van der Waals surface area contributed by atoms with E-state index in [1.54, 1.807) is 5.06 Å². The van der Waals surface area contributed by atoms with Crippen LogP contribution in [0.15, 0.2) is 18.2 Å². The summed E-state index contributed by atoms with van der Waals surface area (Å²) in [7, 11) is 0. The van der Waals surface area contributed by atoms with Gasteiger partial charge in [-0.2, -0.15) is 0 Å². The molecule has 3 heteroatoms. The zero-order chi connectivity index (χ0) is 12.1. The van der Waals surface area contributed by atoms with Gasteiger partial charge in [-0.3, -0.25) is 0 Å². The molecule has 0 aromatic heterocycles. The molecule has 88 valence electrons. The van der Waals surface area contributed by atoms with Gasteiger partial charge < -0.3 is 4.84 Å². The molecule has 0 heterocycles. The normalized spacial score (nSPS) is 10.6. The van der Waals surface area contributed by atoms with Crippen LogP contribution in [0, 0.1) is 13.8 Å². The predicted octanol–water partition coefficient (Wildman–Crippen LogP) is 2.72. The summed E-state index contributed by atoms with van der Waals surface area (Å²) in [5, 5.41) is 1.64. The molecule has 0 spiro atoms. The number of hydrogen-bond acceptors (Lipinski definition) is 3. The molecule has 0 fully saturated rings. The van der Waals surface area contributed by atoms with Gasteiger partial charge in [0.05, 0.1) is 5.56 Å². The number of carbonyl (C=O) groups excluding carboxylic acids is 1. The van der Waals surface area contributed by atoms with E-state index >= 15 is 0 Å². The van der Waals surface area contributed by atoms with Crippen molar-refractivity contribution in [3.8, 4) is 0 Å². The van der Waals surface area contributed by atoms with Gasteiger partial charge in [-0.1, -0.05) is 17.7 Å². The van der Waals surface area contributed by atoms with E-state index in [2.05, 4.69) is 0 Å². The first-order chi connectivity index (χ1) is 7.58. The van der Waals surface area contributed by atoms with Crippen LogP contribution in [0.1, 0.15) is 35.3 Å². The van der Waals surface area contributed by atoms with Gasteiger partial charge >= 0.3 is 5.97 Å². The highest BCUT2D eigenvalue weighted by Gasteiger charge is 2.13. The Bertz CT molecular complexity index is 370. The maximum absolute atomic E-state index is 11.8. The molecule has 0 atom stereocenters. The summed E-state index contributed by atoms with van der Waals surface area (Å²) >= 11 is 0. The fourth-order valence-corrected chi connectivity index (χ4v) is 1.56. The number of carbonyl (C=O) groups is 1. The van der Waals surface area contributed by atoms with Gasteiger partial charge in [-0.25, -0.2) is 4.79 Å². The maximum atomic E-state index is 11.8. The van der Waals surface area contributed by atoms with Crippen molar-refractivity contribution in [3.05, 3.63) is 34.9 Å². The van der Waals surface area contributed by atoms with Crippen LogP contribution in [0.4, 0.5) is 0 Å². The zero-order valence-electron chi connectivity index (χ0n) is 10.4. The second-order valence-electron chi connectivity index (χ2n) is 3.81. The van der Waals surface area contributed by atoms with Crippen LogP contribution >= 0.6 is 0 Å².